The second kappa shape index (κ2) is 37.3. The zero-order valence-electron chi connectivity index (χ0n) is 75.7. The summed E-state index contributed by atoms with van der Waals surface area (Å²) in [7, 11) is 0. The fourth-order valence-corrected chi connectivity index (χ4v) is 18.3. The Balaban J connectivity index is 0.000000123. The summed E-state index contributed by atoms with van der Waals surface area (Å²) in [4.78, 5) is 49.8. The smallest absolute Gasteiger partial charge is 0.160 e. The molecule has 0 spiro atoms. The topological polar surface area (TPSA) is 129 Å². The average Bonchev–Trinajstić information content (AvgIpc) is 1.58. The van der Waals surface area contributed by atoms with Crippen molar-refractivity contribution in [2.45, 2.75) is 47.0 Å². The van der Waals surface area contributed by atoms with Gasteiger partial charge in [0.05, 0.1) is 39.9 Å². The van der Waals surface area contributed by atoms with Crippen molar-refractivity contribution in [1.82, 2.24) is 49.8 Å². The van der Waals surface area contributed by atoms with Crippen LogP contribution in [0.25, 0.3) is 213 Å². The van der Waals surface area contributed by atoms with E-state index in [1.165, 1.54) is 43.8 Å². The lowest BCUT2D eigenvalue weighted by Gasteiger charge is -2.21. The minimum atomic E-state index is -0.0507. The predicted molar refractivity (Wildman–Crippen MR) is 556 cm³/mol. The summed E-state index contributed by atoms with van der Waals surface area (Å²) in [5.41, 5.74) is 37.8. The van der Waals surface area contributed by atoms with Gasteiger partial charge >= 0.3 is 0 Å². The van der Waals surface area contributed by atoms with Crippen LogP contribution in [-0.4, -0.2) is 49.8 Å². The summed E-state index contributed by atoms with van der Waals surface area (Å²) in [6, 6.07) is 155. The van der Waals surface area contributed by atoms with Crippen molar-refractivity contribution >= 4 is 21.5 Å². The van der Waals surface area contributed by atoms with Crippen molar-refractivity contribution in [2.75, 3.05) is 0 Å². The molecule has 0 saturated heterocycles. The molecular weight excluding hydrogens is 1640 g/mol. The van der Waals surface area contributed by atoms with Gasteiger partial charge in [-0.1, -0.05) is 341 Å². The maximum atomic E-state index is 5.22. The Morgan fingerprint density at radius 2 is 0.474 bits per heavy atom. The molecule has 1 aliphatic carbocycles. The Bertz CT molecular complexity index is 7960. The van der Waals surface area contributed by atoms with Crippen LogP contribution in [-0.2, 0) is 5.41 Å². The SMILES string of the molecule is Cc1cc(C)nc(-c2cc(-c3ccc4ccccc4c3)cc(-c3nc(-c4ccccc4)cc(-c4ccccc4)n3)c2)n1.Cc1cccc(-c2ccc(-c3cc(-c4ccc5c(c4)-c4ccccc4C5(C)C)cc(-c4nc(-c5ccccc5)cc(-c5ccccc5)n4)c3)cc2)n1.Cc1ncccc1-c1cc(-c2ccc3ccccc3c2)cc(-c2nc(-c3ccccc3)cc(-c3ccccc3)n2)c1. The van der Waals surface area contributed by atoms with Crippen LogP contribution >= 0.6 is 0 Å². The zero-order chi connectivity index (χ0) is 91.3. The summed E-state index contributed by atoms with van der Waals surface area (Å²) >= 11 is 0. The summed E-state index contributed by atoms with van der Waals surface area (Å²) in [6.07, 6.45) is 1.84. The van der Waals surface area contributed by atoms with Crippen molar-refractivity contribution in [2.24, 2.45) is 0 Å². The maximum absolute atomic E-state index is 5.22. The van der Waals surface area contributed by atoms with E-state index in [1.807, 2.05) is 130 Å². The fraction of sp³-hybridized carbons (Fsp3) is 0.0560. The van der Waals surface area contributed by atoms with E-state index in [0.717, 1.165) is 179 Å². The summed E-state index contributed by atoms with van der Waals surface area (Å²) in [5.74, 6) is 2.73. The van der Waals surface area contributed by atoms with Gasteiger partial charge in [0, 0.05) is 101 Å². The molecule has 0 unspecified atom stereocenters. The van der Waals surface area contributed by atoms with Gasteiger partial charge in [-0.2, -0.15) is 0 Å². The lowest BCUT2D eigenvalue weighted by Crippen LogP contribution is -2.14. The Morgan fingerprint density at radius 3 is 0.896 bits per heavy atom. The van der Waals surface area contributed by atoms with Crippen LogP contribution < -0.4 is 0 Å². The number of pyridine rings is 2. The van der Waals surface area contributed by atoms with Gasteiger partial charge in [-0.05, 0) is 237 Å². The van der Waals surface area contributed by atoms with Crippen LogP contribution in [0.4, 0.5) is 0 Å². The predicted octanol–water partition coefficient (Wildman–Crippen LogP) is 31.5. The minimum Gasteiger partial charge on any atom is -0.261 e. The van der Waals surface area contributed by atoms with Crippen LogP contribution in [0, 0.1) is 27.7 Å². The lowest BCUT2D eigenvalue weighted by atomic mass is 9.82. The van der Waals surface area contributed by atoms with Crippen LogP contribution in [0.2, 0.25) is 0 Å². The minimum absolute atomic E-state index is 0.0507. The zero-order valence-corrected chi connectivity index (χ0v) is 75.7. The van der Waals surface area contributed by atoms with Gasteiger partial charge in [-0.25, -0.2) is 39.9 Å². The third-order valence-electron chi connectivity index (χ3n) is 25.2. The third kappa shape index (κ3) is 18.3. The fourth-order valence-electron chi connectivity index (χ4n) is 18.3. The molecule has 23 rings (SSSR count). The first-order valence-electron chi connectivity index (χ1n) is 45.7. The number of hydrogen-bond acceptors (Lipinski definition) is 10. The molecule has 10 nitrogen and oxygen atoms in total. The molecule has 0 fully saturated rings. The molecule has 22 aromatic rings. The Kier molecular flexibility index (Phi) is 23.3. The Labute approximate surface area is 787 Å². The highest BCUT2D eigenvalue weighted by atomic mass is 14.9. The maximum Gasteiger partial charge on any atom is 0.160 e. The lowest BCUT2D eigenvalue weighted by molar-refractivity contribution is 0.660. The highest BCUT2D eigenvalue weighted by Gasteiger charge is 2.35. The molecule has 0 radical (unpaired) electrons. The highest BCUT2D eigenvalue weighted by molar-refractivity contribution is 5.93. The quantitative estimate of drug-likeness (QED) is 0.0922. The molecule has 642 valence electrons. The molecule has 6 heterocycles. The van der Waals surface area contributed by atoms with Crippen LogP contribution in [0.3, 0.4) is 0 Å². The Morgan fingerprint density at radius 1 is 0.163 bits per heavy atom. The van der Waals surface area contributed by atoms with E-state index in [1.54, 1.807) is 0 Å². The number of hydrogen-bond donors (Lipinski definition) is 0. The molecule has 1 aliphatic rings. The van der Waals surface area contributed by atoms with Gasteiger partial charge in [0.25, 0.3) is 0 Å². The highest BCUT2D eigenvalue weighted by Crippen LogP contribution is 2.51. The molecule has 135 heavy (non-hydrogen) atoms. The number of benzene rings is 16. The molecule has 0 N–H and O–H groups in total. The second-order valence-electron chi connectivity index (χ2n) is 34.9. The number of fused-ring (bicyclic) bond motifs is 5. The van der Waals surface area contributed by atoms with Crippen molar-refractivity contribution in [3.05, 3.63) is 483 Å². The number of aromatic nitrogens is 10. The molecule has 0 bridgehead atoms. The molecule has 10 heteroatoms. The van der Waals surface area contributed by atoms with Crippen molar-refractivity contribution in [3.8, 4) is 191 Å². The molecule has 6 aromatic heterocycles. The van der Waals surface area contributed by atoms with E-state index in [2.05, 4.69) is 365 Å². The first-order valence-corrected chi connectivity index (χ1v) is 45.7. The van der Waals surface area contributed by atoms with Crippen molar-refractivity contribution in [3.63, 3.8) is 0 Å². The molecule has 0 amide bonds. The van der Waals surface area contributed by atoms with Crippen LogP contribution in [0.15, 0.2) is 449 Å². The van der Waals surface area contributed by atoms with E-state index in [0.29, 0.717) is 23.3 Å². The van der Waals surface area contributed by atoms with Gasteiger partial charge in [0.2, 0.25) is 0 Å². The first-order chi connectivity index (χ1) is 66.2. The molecule has 0 saturated carbocycles. The van der Waals surface area contributed by atoms with Crippen LogP contribution in [0.1, 0.15) is 47.8 Å². The van der Waals surface area contributed by atoms with Gasteiger partial charge in [-0.3, -0.25) is 9.97 Å². The van der Waals surface area contributed by atoms with Crippen molar-refractivity contribution in [1.29, 1.82) is 0 Å². The van der Waals surface area contributed by atoms with Gasteiger partial charge in [0.15, 0.2) is 23.3 Å². The van der Waals surface area contributed by atoms with E-state index in [9.17, 15) is 0 Å². The summed E-state index contributed by atoms with van der Waals surface area (Å²) in [5, 5.41) is 4.84. The summed E-state index contributed by atoms with van der Waals surface area (Å²) in [6.45, 7) is 12.7. The van der Waals surface area contributed by atoms with Crippen molar-refractivity contribution < 1.29 is 0 Å². The van der Waals surface area contributed by atoms with E-state index in [-0.39, 0.29) is 5.41 Å². The molecular formula is C125H92N10. The van der Waals surface area contributed by atoms with Gasteiger partial charge < -0.3 is 0 Å². The van der Waals surface area contributed by atoms with E-state index in [4.69, 9.17) is 44.9 Å². The Hall–Kier alpha value is -17.3. The number of aryl methyl sites for hydroxylation is 4. The monoisotopic (exact) mass is 1730 g/mol. The third-order valence-corrected chi connectivity index (χ3v) is 25.2. The molecule has 0 atom stereocenters. The average molecular weight is 1730 g/mol. The number of rotatable bonds is 16. The molecule has 16 aromatic carbocycles. The second-order valence-corrected chi connectivity index (χ2v) is 34.9. The normalized spacial score (nSPS) is 11.7. The number of nitrogens with zero attached hydrogens (tertiary/aromatic N) is 10. The van der Waals surface area contributed by atoms with Gasteiger partial charge in [-0.15, -0.1) is 0 Å². The van der Waals surface area contributed by atoms with Crippen LogP contribution in [0.5, 0.6) is 0 Å². The molecule has 0 aliphatic heterocycles. The standard InChI is InChI=1S/C49H37N3.C38H28N4.C38H27N3/c1-32-13-12-20-45(50-32)36-23-21-33(22-24-36)38-27-39(37-25-26-44-42(30-37)41-18-10-11-19-43(41)49(44,2)3)29-40(28-38)48-51-46(34-14-6-4-7-15-34)31-47(52-48)35-16-8-5-9-17-35;1-25-19-26(2)40-37(39-25)33-21-32(31-18-17-27-11-9-10-16-30(27)20-31)22-34(23-33)38-41-35(28-12-5-3-6-13-28)24-36(42-38)29-14-7-4-8-15-29;1-26-35(17-10-20-39-26)33-22-32(31-19-18-27-11-8-9-16-30(27)21-31)23-34(24-33)38-40-36(28-12-4-2-5-13-28)25-37(41-38)29-14-6-3-7-15-29/h4-31H,1-3H3;3-24H,1-2H3;2-25H,1H3. The van der Waals surface area contributed by atoms with E-state index < -0.39 is 0 Å². The first kappa shape index (κ1) is 84.5. The van der Waals surface area contributed by atoms with Gasteiger partial charge in [0.1, 0.15) is 0 Å². The van der Waals surface area contributed by atoms with E-state index >= 15 is 0 Å². The largest absolute Gasteiger partial charge is 0.261 e. The summed E-state index contributed by atoms with van der Waals surface area (Å²) < 4.78 is 0.